The molecule has 3 aromatic rings. The molecule has 0 unspecified atom stereocenters. The molecule has 23 heavy (non-hydrogen) atoms. The fourth-order valence-corrected chi connectivity index (χ4v) is 2.21. The summed E-state index contributed by atoms with van der Waals surface area (Å²) in [6, 6.07) is 19.1. The maximum Gasteiger partial charge on any atom is 0.287 e. The number of ketones is 1. The molecule has 0 bridgehead atoms. The Morgan fingerprint density at radius 3 is 2.09 bits per heavy atom. The van der Waals surface area contributed by atoms with Gasteiger partial charge in [-0.3, -0.25) is 14.9 Å². The predicted octanol–water partition coefficient (Wildman–Crippen LogP) is 3.89. The molecule has 1 aromatic heterocycles. The summed E-state index contributed by atoms with van der Waals surface area (Å²) in [6.45, 7) is 0. The Morgan fingerprint density at radius 2 is 1.52 bits per heavy atom. The lowest BCUT2D eigenvalue weighted by Crippen LogP contribution is -2.00. The van der Waals surface area contributed by atoms with Gasteiger partial charge in [-0.15, -0.1) is 0 Å². The van der Waals surface area contributed by atoms with E-state index in [1.54, 1.807) is 42.5 Å². The first-order chi connectivity index (χ1) is 11.1. The van der Waals surface area contributed by atoms with E-state index in [-0.39, 0.29) is 11.5 Å². The number of carbonyl (C=O) groups is 1. The summed E-state index contributed by atoms with van der Waals surface area (Å²) in [6.07, 6.45) is 1.22. The smallest absolute Gasteiger partial charge is 0.287 e. The fourth-order valence-electron chi connectivity index (χ4n) is 2.21. The minimum absolute atomic E-state index is 0.0474. The van der Waals surface area contributed by atoms with Gasteiger partial charge in [0.05, 0.1) is 10.6 Å². The first kappa shape index (κ1) is 14.6. The number of aromatic nitrogens is 1. The van der Waals surface area contributed by atoms with Gasteiger partial charge in [0.2, 0.25) is 0 Å². The number of carbonyl (C=O) groups excluding carboxylic acids is 1. The predicted molar refractivity (Wildman–Crippen MR) is 86.2 cm³/mol. The van der Waals surface area contributed by atoms with Gasteiger partial charge in [-0.05, 0) is 6.07 Å². The average Bonchev–Trinajstić information content (AvgIpc) is 2.62. The van der Waals surface area contributed by atoms with Gasteiger partial charge in [0.1, 0.15) is 6.20 Å². The van der Waals surface area contributed by atoms with Gasteiger partial charge in [0, 0.05) is 22.8 Å². The number of hydrogen-bond donors (Lipinski definition) is 0. The molecule has 3 rings (SSSR count). The highest BCUT2D eigenvalue weighted by atomic mass is 16.6. The number of nitro groups is 1. The molecule has 5 nitrogen and oxygen atoms in total. The topological polar surface area (TPSA) is 73.1 Å². The molecule has 0 aliphatic rings. The van der Waals surface area contributed by atoms with Gasteiger partial charge in [0.25, 0.3) is 5.69 Å². The molecule has 0 amide bonds. The second-order valence-electron chi connectivity index (χ2n) is 4.93. The maximum absolute atomic E-state index is 12.3. The lowest BCUT2D eigenvalue weighted by molar-refractivity contribution is -0.385. The fraction of sp³-hybridized carbons (Fsp3) is 0. The SMILES string of the molecule is O=C(c1ccccc1)c1ccc(-c2ccc([N+](=O)[O-])cn2)cc1. The van der Waals surface area contributed by atoms with Crippen LogP contribution in [0.4, 0.5) is 5.69 Å². The quantitative estimate of drug-likeness (QED) is 0.416. The molecule has 0 aliphatic heterocycles. The van der Waals surface area contributed by atoms with Crippen LogP contribution in [0.3, 0.4) is 0 Å². The molecule has 0 fully saturated rings. The number of rotatable bonds is 4. The van der Waals surface area contributed by atoms with E-state index >= 15 is 0 Å². The van der Waals surface area contributed by atoms with Crippen molar-refractivity contribution in [3.8, 4) is 11.3 Å². The highest BCUT2D eigenvalue weighted by molar-refractivity contribution is 6.09. The molecule has 1 heterocycles. The number of nitrogens with zero attached hydrogens (tertiary/aromatic N) is 2. The third-order valence-electron chi connectivity index (χ3n) is 3.44. The van der Waals surface area contributed by atoms with Gasteiger partial charge in [0.15, 0.2) is 5.78 Å². The van der Waals surface area contributed by atoms with Crippen molar-refractivity contribution in [2.45, 2.75) is 0 Å². The first-order valence-electron chi connectivity index (χ1n) is 6.96. The Hall–Kier alpha value is -3.34. The van der Waals surface area contributed by atoms with E-state index < -0.39 is 4.92 Å². The largest absolute Gasteiger partial charge is 0.289 e. The molecule has 2 aromatic carbocycles. The highest BCUT2D eigenvalue weighted by Crippen LogP contribution is 2.21. The van der Waals surface area contributed by atoms with Crippen LogP contribution in [0.5, 0.6) is 0 Å². The summed E-state index contributed by atoms with van der Waals surface area (Å²) < 4.78 is 0. The summed E-state index contributed by atoms with van der Waals surface area (Å²) in [5, 5.41) is 10.6. The second-order valence-corrected chi connectivity index (χ2v) is 4.93. The number of hydrogen-bond acceptors (Lipinski definition) is 4. The molecule has 0 atom stereocenters. The molecular weight excluding hydrogens is 292 g/mol. The van der Waals surface area contributed by atoms with Crippen LogP contribution >= 0.6 is 0 Å². The highest BCUT2D eigenvalue weighted by Gasteiger charge is 2.10. The van der Waals surface area contributed by atoms with Crippen molar-refractivity contribution in [3.63, 3.8) is 0 Å². The van der Waals surface area contributed by atoms with Gasteiger partial charge >= 0.3 is 0 Å². The molecule has 5 heteroatoms. The van der Waals surface area contributed by atoms with Crippen molar-refractivity contribution in [3.05, 3.63) is 94.2 Å². The van der Waals surface area contributed by atoms with Crippen molar-refractivity contribution in [2.75, 3.05) is 0 Å². The number of benzene rings is 2. The van der Waals surface area contributed by atoms with Crippen LogP contribution in [0.1, 0.15) is 15.9 Å². The van der Waals surface area contributed by atoms with E-state index in [1.165, 1.54) is 12.3 Å². The zero-order valence-corrected chi connectivity index (χ0v) is 12.0. The van der Waals surface area contributed by atoms with Crippen molar-refractivity contribution in [1.29, 1.82) is 0 Å². The Bertz CT molecular complexity index is 842. The standard InChI is InChI=1S/C18H12N2O3/c21-18(14-4-2-1-3-5-14)15-8-6-13(7-9-15)17-11-10-16(12-19-17)20(22)23/h1-12H. The Labute approximate surface area is 132 Å². The summed E-state index contributed by atoms with van der Waals surface area (Å²) in [7, 11) is 0. The lowest BCUT2D eigenvalue weighted by atomic mass is 10.0. The summed E-state index contributed by atoms with van der Waals surface area (Å²) in [4.78, 5) is 26.5. The summed E-state index contributed by atoms with van der Waals surface area (Å²) in [5.41, 5.74) is 2.58. The molecule has 112 valence electrons. The zero-order valence-electron chi connectivity index (χ0n) is 12.0. The zero-order chi connectivity index (χ0) is 16.2. The van der Waals surface area contributed by atoms with Gasteiger partial charge in [-0.1, -0.05) is 54.6 Å². The van der Waals surface area contributed by atoms with Crippen LogP contribution in [-0.2, 0) is 0 Å². The summed E-state index contributed by atoms with van der Waals surface area (Å²) in [5.74, 6) is -0.0474. The van der Waals surface area contributed by atoms with Gasteiger partial charge in [-0.2, -0.15) is 0 Å². The van der Waals surface area contributed by atoms with E-state index in [0.29, 0.717) is 16.8 Å². The van der Waals surface area contributed by atoms with Crippen LogP contribution in [0, 0.1) is 10.1 Å². The van der Waals surface area contributed by atoms with Crippen LogP contribution in [0.15, 0.2) is 72.9 Å². The van der Waals surface area contributed by atoms with Crippen molar-refractivity contribution < 1.29 is 9.72 Å². The lowest BCUT2D eigenvalue weighted by Gasteiger charge is -2.04. The first-order valence-corrected chi connectivity index (χ1v) is 6.96. The Balaban J connectivity index is 1.84. The van der Waals surface area contributed by atoms with Crippen LogP contribution in [0.25, 0.3) is 11.3 Å². The van der Waals surface area contributed by atoms with E-state index in [1.807, 2.05) is 18.2 Å². The van der Waals surface area contributed by atoms with E-state index in [4.69, 9.17) is 0 Å². The summed E-state index contributed by atoms with van der Waals surface area (Å²) >= 11 is 0. The second kappa shape index (κ2) is 6.19. The monoisotopic (exact) mass is 304 g/mol. The minimum Gasteiger partial charge on any atom is -0.289 e. The minimum atomic E-state index is -0.488. The molecule has 0 N–H and O–H groups in total. The van der Waals surface area contributed by atoms with E-state index in [2.05, 4.69) is 4.98 Å². The molecular formula is C18H12N2O3. The average molecular weight is 304 g/mol. The Kier molecular flexibility index (Phi) is 3.93. The van der Waals surface area contributed by atoms with Gasteiger partial charge < -0.3 is 0 Å². The van der Waals surface area contributed by atoms with Crippen molar-refractivity contribution >= 4 is 11.5 Å². The maximum atomic E-state index is 12.3. The van der Waals surface area contributed by atoms with Gasteiger partial charge in [-0.25, -0.2) is 4.98 Å². The van der Waals surface area contributed by atoms with Crippen molar-refractivity contribution in [1.82, 2.24) is 4.98 Å². The third kappa shape index (κ3) is 3.13. The normalized spacial score (nSPS) is 10.3. The van der Waals surface area contributed by atoms with Crippen LogP contribution in [-0.4, -0.2) is 15.7 Å². The molecule has 0 saturated heterocycles. The third-order valence-corrected chi connectivity index (χ3v) is 3.44. The molecule has 0 radical (unpaired) electrons. The van der Waals surface area contributed by atoms with Crippen molar-refractivity contribution in [2.24, 2.45) is 0 Å². The van der Waals surface area contributed by atoms with Crippen LogP contribution in [0.2, 0.25) is 0 Å². The molecule has 0 spiro atoms. The van der Waals surface area contributed by atoms with Crippen LogP contribution < -0.4 is 0 Å². The Morgan fingerprint density at radius 1 is 0.870 bits per heavy atom. The van der Waals surface area contributed by atoms with E-state index in [0.717, 1.165) is 5.56 Å². The molecule has 0 saturated carbocycles. The number of pyridine rings is 1. The molecule has 0 aliphatic carbocycles. The van der Waals surface area contributed by atoms with E-state index in [9.17, 15) is 14.9 Å².